The van der Waals surface area contributed by atoms with Crippen LogP contribution in [-0.4, -0.2) is 5.78 Å². The van der Waals surface area contributed by atoms with E-state index in [4.69, 9.17) is 0 Å². The molecule has 0 saturated heterocycles. The Kier molecular flexibility index (Phi) is 0.875. The predicted molar refractivity (Wildman–Crippen MR) is 42.2 cm³/mol. The quantitative estimate of drug-likeness (QED) is 0.518. The molecule has 3 rings (SSSR count). The Morgan fingerprint density at radius 2 is 1.55 bits per heavy atom. The fourth-order valence-electron chi connectivity index (χ4n) is 3.73. The SMILES string of the molecule is O=C1CC23CCCCC2(C1)C3. The smallest absolute Gasteiger partial charge is 0.134 e. The third-order valence-corrected chi connectivity index (χ3v) is 4.31. The van der Waals surface area contributed by atoms with Crippen LogP contribution < -0.4 is 0 Å². The van der Waals surface area contributed by atoms with Gasteiger partial charge < -0.3 is 0 Å². The minimum absolute atomic E-state index is 0.554. The standard InChI is InChI=1S/C10H14O/c11-8-5-9-3-1-2-4-10(9,6-8)7-9/h1-7H2. The number of rotatable bonds is 0. The highest BCUT2D eigenvalue weighted by Gasteiger charge is 2.71. The Hall–Kier alpha value is -0.330. The van der Waals surface area contributed by atoms with Crippen molar-refractivity contribution in [1.29, 1.82) is 0 Å². The first kappa shape index (κ1) is 6.22. The molecule has 3 saturated carbocycles. The first-order valence-electron chi connectivity index (χ1n) is 4.78. The van der Waals surface area contributed by atoms with Crippen molar-refractivity contribution in [2.24, 2.45) is 10.8 Å². The zero-order valence-electron chi connectivity index (χ0n) is 6.86. The molecule has 1 nitrogen and oxygen atoms in total. The van der Waals surface area contributed by atoms with E-state index in [0.717, 1.165) is 12.8 Å². The minimum atomic E-state index is 0.554. The van der Waals surface area contributed by atoms with Crippen LogP contribution >= 0.6 is 0 Å². The lowest BCUT2D eigenvalue weighted by Crippen LogP contribution is -2.12. The number of hydrogen-bond acceptors (Lipinski definition) is 1. The maximum Gasteiger partial charge on any atom is 0.134 e. The molecule has 60 valence electrons. The number of ketones is 1. The molecule has 0 aliphatic heterocycles. The number of carbonyl (C=O) groups excluding carboxylic acids is 1. The maximum atomic E-state index is 11.2. The summed E-state index contributed by atoms with van der Waals surface area (Å²) in [6, 6.07) is 0. The highest BCUT2D eigenvalue weighted by Crippen LogP contribution is 2.78. The summed E-state index contributed by atoms with van der Waals surface area (Å²) in [6.07, 6.45) is 8.76. The van der Waals surface area contributed by atoms with Crippen LogP contribution in [0.5, 0.6) is 0 Å². The van der Waals surface area contributed by atoms with Crippen LogP contribution in [-0.2, 0) is 4.79 Å². The van der Waals surface area contributed by atoms with E-state index in [2.05, 4.69) is 0 Å². The van der Waals surface area contributed by atoms with Crippen molar-refractivity contribution < 1.29 is 4.79 Å². The monoisotopic (exact) mass is 150 g/mol. The van der Waals surface area contributed by atoms with Gasteiger partial charge in [0.2, 0.25) is 0 Å². The molecule has 0 bridgehead atoms. The van der Waals surface area contributed by atoms with Crippen molar-refractivity contribution >= 4 is 5.78 Å². The molecule has 2 unspecified atom stereocenters. The lowest BCUT2D eigenvalue weighted by molar-refractivity contribution is -0.118. The van der Waals surface area contributed by atoms with E-state index >= 15 is 0 Å². The molecule has 0 heterocycles. The summed E-state index contributed by atoms with van der Waals surface area (Å²) in [6.45, 7) is 0. The van der Waals surface area contributed by atoms with E-state index in [1.54, 1.807) is 0 Å². The van der Waals surface area contributed by atoms with Gasteiger partial charge in [0.05, 0.1) is 0 Å². The fourth-order valence-corrected chi connectivity index (χ4v) is 3.73. The Labute approximate surface area is 67.2 Å². The van der Waals surface area contributed by atoms with Crippen molar-refractivity contribution in [3.8, 4) is 0 Å². The van der Waals surface area contributed by atoms with Crippen molar-refractivity contribution in [3.05, 3.63) is 0 Å². The molecule has 0 aromatic carbocycles. The highest BCUT2D eigenvalue weighted by molar-refractivity contribution is 5.85. The molecule has 0 radical (unpaired) electrons. The summed E-state index contributed by atoms with van der Waals surface area (Å²) in [4.78, 5) is 11.2. The van der Waals surface area contributed by atoms with Gasteiger partial charge in [-0.05, 0) is 30.1 Å². The van der Waals surface area contributed by atoms with Gasteiger partial charge in [0.25, 0.3) is 0 Å². The Balaban J connectivity index is 1.97. The molecule has 0 aromatic rings. The molecule has 0 spiro atoms. The summed E-state index contributed by atoms with van der Waals surface area (Å²) >= 11 is 0. The van der Waals surface area contributed by atoms with Crippen LogP contribution in [0.1, 0.15) is 44.9 Å². The second kappa shape index (κ2) is 1.55. The van der Waals surface area contributed by atoms with Crippen molar-refractivity contribution in [2.75, 3.05) is 0 Å². The van der Waals surface area contributed by atoms with Gasteiger partial charge in [0, 0.05) is 12.8 Å². The zero-order chi connectivity index (χ0) is 7.53. The van der Waals surface area contributed by atoms with E-state index in [0.29, 0.717) is 16.6 Å². The first-order valence-corrected chi connectivity index (χ1v) is 4.78. The lowest BCUT2D eigenvalue weighted by atomic mass is 9.82. The number of Topliss-reactive ketones (excluding diaryl/α,β-unsaturated/α-hetero) is 1. The topological polar surface area (TPSA) is 17.1 Å². The average molecular weight is 150 g/mol. The summed E-state index contributed by atoms with van der Waals surface area (Å²) in [5.74, 6) is 0.554. The van der Waals surface area contributed by atoms with Gasteiger partial charge in [-0.3, -0.25) is 4.79 Å². The third kappa shape index (κ3) is 0.567. The van der Waals surface area contributed by atoms with Crippen molar-refractivity contribution in [1.82, 2.24) is 0 Å². The average Bonchev–Trinajstić information content (AvgIpc) is 2.47. The van der Waals surface area contributed by atoms with E-state index in [9.17, 15) is 4.79 Å². The molecule has 0 amide bonds. The van der Waals surface area contributed by atoms with E-state index in [1.165, 1.54) is 32.1 Å². The summed E-state index contributed by atoms with van der Waals surface area (Å²) < 4.78 is 0. The van der Waals surface area contributed by atoms with Crippen LogP contribution in [0.15, 0.2) is 0 Å². The summed E-state index contributed by atoms with van der Waals surface area (Å²) in [5, 5.41) is 0. The predicted octanol–water partition coefficient (Wildman–Crippen LogP) is 2.30. The first-order chi connectivity index (χ1) is 5.27. The second-order valence-electron chi connectivity index (χ2n) is 4.84. The zero-order valence-corrected chi connectivity index (χ0v) is 6.86. The van der Waals surface area contributed by atoms with Gasteiger partial charge in [-0.25, -0.2) is 0 Å². The molecule has 2 atom stereocenters. The van der Waals surface area contributed by atoms with Crippen LogP contribution in [0.2, 0.25) is 0 Å². The van der Waals surface area contributed by atoms with E-state index < -0.39 is 0 Å². The highest BCUT2D eigenvalue weighted by atomic mass is 16.1. The van der Waals surface area contributed by atoms with Gasteiger partial charge in [-0.2, -0.15) is 0 Å². The Morgan fingerprint density at radius 3 is 2.09 bits per heavy atom. The third-order valence-electron chi connectivity index (χ3n) is 4.31. The van der Waals surface area contributed by atoms with Crippen LogP contribution in [0.25, 0.3) is 0 Å². The van der Waals surface area contributed by atoms with Gasteiger partial charge in [0.15, 0.2) is 0 Å². The number of hydrogen-bond donors (Lipinski definition) is 0. The molecular weight excluding hydrogens is 136 g/mol. The number of carbonyl (C=O) groups is 1. The second-order valence-corrected chi connectivity index (χ2v) is 4.84. The Bertz CT molecular complexity index is 203. The fraction of sp³-hybridized carbons (Fsp3) is 0.900. The summed E-state index contributed by atoms with van der Waals surface area (Å²) in [7, 11) is 0. The molecule has 3 aliphatic rings. The van der Waals surface area contributed by atoms with Crippen LogP contribution in [0, 0.1) is 10.8 Å². The molecule has 3 aliphatic carbocycles. The van der Waals surface area contributed by atoms with Gasteiger partial charge in [0.1, 0.15) is 5.78 Å². The van der Waals surface area contributed by atoms with Crippen LogP contribution in [0.4, 0.5) is 0 Å². The molecule has 1 heteroatoms. The maximum absolute atomic E-state index is 11.2. The lowest BCUT2D eigenvalue weighted by Gasteiger charge is -2.22. The van der Waals surface area contributed by atoms with Gasteiger partial charge in [-0.1, -0.05) is 12.8 Å². The minimum Gasteiger partial charge on any atom is -0.300 e. The largest absolute Gasteiger partial charge is 0.300 e. The van der Waals surface area contributed by atoms with E-state index in [-0.39, 0.29) is 0 Å². The van der Waals surface area contributed by atoms with Crippen molar-refractivity contribution in [2.45, 2.75) is 44.9 Å². The molecule has 11 heavy (non-hydrogen) atoms. The van der Waals surface area contributed by atoms with E-state index in [1.807, 2.05) is 0 Å². The van der Waals surface area contributed by atoms with Gasteiger partial charge >= 0.3 is 0 Å². The normalized spacial score (nSPS) is 53.6. The van der Waals surface area contributed by atoms with Gasteiger partial charge in [-0.15, -0.1) is 0 Å². The van der Waals surface area contributed by atoms with Crippen LogP contribution in [0.3, 0.4) is 0 Å². The molecule has 0 aromatic heterocycles. The Morgan fingerprint density at radius 1 is 1.00 bits per heavy atom. The molecule has 0 N–H and O–H groups in total. The summed E-state index contributed by atoms with van der Waals surface area (Å²) in [5.41, 5.74) is 1.12. The van der Waals surface area contributed by atoms with Crippen molar-refractivity contribution in [3.63, 3.8) is 0 Å². The molecule has 3 fully saturated rings. The molecular formula is C10H14O.